The number of hydrogen-bond acceptors (Lipinski definition) is 1. The van der Waals surface area contributed by atoms with E-state index in [-0.39, 0.29) is 13.2 Å². The first-order valence-electron chi connectivity index (χ1n) is 11.2. The Labute approximate surface area is 162 Å². The molecule has 0 unspecified atom stereocenters. The molecule has 26 heavy (non-hydrogen) atoms. The molecular weight excluding hydrogens is 320 g/mol. The summed E-state index contributed by atoms with van der Waals surface area (Å²) in [6, 6.07) is 8.15. The fourth-order valence-electron chi connectivity index (χ4n) is 3.51. The summed E-state index contributed by atoms with van der Waals surface area (Å²) in [5.41, 5.74) is 1.25. The highest BCUT2D eigenvalue weighted by Crippen LogP contribution is 2.21. The summed E-state index contributed by atoms with van der Waals surface area (Å²) in [5.74, 6) is 0.901. The molecule has 0 aliphatic rings. The van der Waals surface area contributed by atoms with Crippen molar-refractivity contribution in [2.24, 2.45) is 0 Å². The Kier molecular flexibility index (Phi) is 15.4. The summed E-state index contributed by atoms with van der Waals surface area (Å²) < 4.78 is 5.54. The highest BCUT2D eigenvalue weighted by molar-refractivity contribution is 5.33. The molecule has 2 nitrogen and oxygen atoms in total. The summed E-state index contributed by atoms with van der Waals surface area (Å²) in [6.07, 6.45) is 20.5. The van der Waals surface area contributed by atoms with Crippen molar-refractivity contribution in [1.82, 2.24) is 0 Å². The lowest BCUT2D eigenvalue weighted by Crippen LogP contribution is -2.03. The Morgan fingerprint density at radius 3 is 1.73 bits per heavy atom. The van der Waals surface area contributed by atoms with E-state index in [1.54, 1.807) is 0 Å². The van der Waals surface area contributed by atoms with E-state index in [0.717, 1.165) is 12.2 Å². The molecule has 0 N–H and O–H groups in total. The summed E-state index contributed by atoms with van der Waals surface area (Å²) >= 11 is 0. The van der Waals surface area contributed by atoms with Crippen molar-refractivity contribution in [2.75, 3.05) is 13.2 Å². The molecule has 0 saturated heterocycles. The SMILES string of the molecule is CCCCCCCCCCCCCCCCc1ccccc1OCC[O]. The zero-order chi connectivity index (χ0) is 18.7. The third-order valence-corrected chi connectivity index (χ3v) is 5.11. The van der Waals surface area contributed by atoms with E-state index in [2.05, 4.69) is 19.1 Å². The van der Waals surface area contributed by atoms with Crippen LogP contribution in [0.3, 0.4) is 0 Å². The van der Waals surface area contributed by atoms with E-state index in [0.29, 0.717) is 0 Å². The van der Waals surface area contributed by atoms with Crippen LogP contribution in [0.5, 0.6) is 5.75 Å². The topological polar surface area (TPSA) is 29.1 Å². The van der Waals surface area contributed by atoms with E-state index in [4.69, 9.17) is 4.74 Å². The molecule has 149 valence electrons. The van der Waals surface area contributed by atoms with Crippen LogP contribution in [-0.4, -0.2) is 13.2 Å². The van der Waals surface area contributed by atoms with Gasteiger partial charge in [0.2, 0.25) is 0 Å². The third kappa shape index (κ3) is 12.4. The average molecular weight is 362 g/mol. The molecule has 1 radical (unpaired) electrons. The Morgan fingerprint density at radius 1 is 0.692 bits per heavy atom. The van der Waals surface area contributed by atoms with Crippen LogP contribution in [0.25, 0.3) is 0 Å². The molecule has 0 fully saturated rings. The summed E-state index contributed by atoms with van der Waals surface area (Å²) in [4.78, 5) is 0. The Morgan fingerprint density at radius 2 is 1.19 bits per heavy atom. The van der Waals surface area contributed by atoms with Gasteiger partial charge in [-0.05, 0) is 24.5 Å². The van der Waals surface area contributed by atoms with Crippen LogP contribution in [0.2, 0.25) is 0 Å². The van der Waals surface area contributed by atoms with Crippen LogP contribution in [0.4, 0.5) is 0 Å². The molecule has 0 aromatic heterocycles. The maximum Gasteiger partial charge on any atom is 0.122 e. The molecule has 1 rings (SSSR count). The van der Waals surface area contributed by atoms with Gasteiger partial charge in [0, 0.05) is 0 Å². The van der Waals surface area contributed by atoms with Gasteiger partial charge < -0.3 is 4.74 Å². The lowest BCUT2D eigenvalue weighted by atomic mass is 10.0. The average Bonchev–Trinajstić information content (AvgIpc) is 2.67. The first kappa shape index (κ1) is 23.0. The van der Waals surface area contributed by atoms with E-state index < -0.39 is 0 Å². The van der Waals surface area contributed by atoms with Gasteiger partial charge in [0.25, 0.3) is 0 Å². The minimum Gasteiger partial charge on any atom is -0.491 e. The number of para-hydroxylation sites is 1. The molecule has 0 heterocycles. The van der Waals surface area contributed by atoms with Gasteiger partial charge in [-0.15, -0.1) is 0 Å². The third-order valence-electron chi connectivity index (χ3n) is 5.11. The molecule has 0 spiro atoms. The molecular formula is C24H41O2. The Bertz CT molecular complexity index is 416. The molecule has 0 saturated carbocycles. The second-order valence-corrected chi connectivity index (χ2v) is 7.51. The van der Waals surface area contributed by atoms with Crippen LogP contribution >= 0.6 is 0 Å². The van der Waals surface area contributed by atoms with Gasteiger partial charge >= 0.3 is 0 Å². The largest absolute Gasteiger partial charge is 0.491 e. The molecule has 1 aromatic rings. The standard InChI is InChI=1S/C24H41O2/c1-2-3-4-5-6-7-8-9-10-11-12-13-14-15-18-23-19-16-17-20-24(23)26-22-21-25/h16-17,19-20H,2-15,18,21-22H2,1H3. The summed E-state index contributed by atoms with van der Waals surface area (Å²) in [6.45, 7) is 2.38. The fourth-order valence-corrected chi connectivity index (χ4v) is 3.51. The second kappa shape index (κ2) is 17.4. The number of hydrogen-bond donors (Lipinski definition) is 0. The van der Waals surface area contributed by atoms with E-state index in [9.17, 15) is 5.11 Å². The molecule has 0 amide bonds. The van der Waals surface area contributed by atoms with Gasteiger partial charge in [0.1, 0.15) is 19.0 Å². The van der Waals surface area contributed by atoms with Gasteiger partial charge in [-0.2, -0.15) is 0 Å². The van der Waals surface area contributed by atoms with Crippen LogP contribution in [0, 0.1) is 0 Å². The maximum atomic E-state index is 10.6. The van der Waals surface area contributed by atoms with Crippen molar-refractivity contribution < 1.29 is 9.84 Å². The number of ether oxygens (including phenoxy) is 1. The lowest BCUT2D eigenvalue weighted by Gasteiger charge is -2.10. The smallest absolute Gasteiger partial charge is 0.122 e. The normalized spacial score (nSPS) is 11.0. The monoisotopic (exact) mass is 361 g/mol. The van der Waals surface area contributed by atoms with Crippen molar-refractivity contribution >= 4 is 0 Å². The van der Waals surface area contributed by atoms with Crippen LogP contribution in [-0.2, 0) is 11.5 Å². The first-order chi connectivity index (χ1) is 12.9. The van der Waals surface area contributed by atoms with Gasteiger partial charge in [0.15, 0.2) is 0 Å². The zero-order valence-corrected chi connectivity index (χ0v) is 17.1. The molecule has 0 atom stereocenters. The predicted molar refractivity (Wildman–Crippen MR) is 112 cm³/mol. The number of unbranched alkanes of at least 4 members (excludes halogenated alkanes) is 13. The lowest BCUT2D eigenvalue weighted by molar-refractivity contribution is 0.137. The summed E-state index contributed by atoms with van der Waals surface area (Å²) in [7, 11) is 0. The number of rotatable bonds is 18. The number of benzene rings is 1. The second-order valence-electron chi connectivity index (χ2n) is 7.51. The molecule has 2 heteroatoms. The van der Waals surface area contributed by atoms with Gasteiger partial charge in [-0.1, -0.05) is 109 Å². The van der Waals surface area contributed by atoms with Crippen molar-refractivity contribution in [3.63, 3.8) is 0 Å². The predicted octanol–water partition coefficient (Wildman–Crippen LogP) is 7.52. The Hall–Kier alpha value is -1.02. The van der Waals surface area contributed by atoms with Gasteiger partial charge in [0.05, 0.1) is 0 Å². The highest BCUT2D eigenvalue weighted by atomic mass is 16.5. The minimum absolute atomic E-state index is 0.173. The summed E-state index contributed by atoms with van der Waals surface area (Å²) in [5, 5.41) is 10.6. The fraction of sp³-hybridized carbons (Fsp3) is 0.750. The number of aryl methyl sites for hydroxylation is 1. The molecule has 0 aliphatic carbocycles. The van der Waals surface area contributed by atoms with Gasteiger partial charge in [-0.25, -0.2) is 5.11 Å². The van der Waals surface area contributed by atoms with Gasteiger partial charge in [-0.3, -0.25) is 0 Å². The van der Waals surface area contributed by atoms with E-state index >= 15 is 0 Å². The van der Waals surface area contributed by atoms with E-state index in [1.165, 1.54) is 95.5 Å². The maximum absolute atomic E-state index is 10.6. The minimum atomic E-state index is -0.173. The van der Waals surface area contributed by atoms with Crippen molar-refractivity contribution in [2.45, 2.75) is 103 Å². The zero-order valence-electron chi connectivity index (χ0n) is 17.1. The van der Waals surface area contributed by atoms with Crippen LogP contribution in [0.15, 0.2) is 24.3 Å². The molecule has 0 aliphatic heterocycles. The van der Waals surface area contributed by atoms with Crippen molar-refractivity contribution in [1.29, 1.82) is 0 Å². The quantitative estimate of drug-likeness (QED) is 0.249. The van der Waals surface area contributed by atoms with Crippen molar-refractivity contribution in [3.05, 3.63) is 29.8 Å². The highest BCUT2D eigenvalue weighted by Gasteiger charge is 2.02. The van der Waals surface area contributed by atoms with Crippen molar-refractivity contribution in [3.8, 4) is 5.75 Å². The van der Waals surface area contributed by atoms with Crippen LogP contribution < -0.4 is 4.74 Å². The van der Waals surface area contributed by atoms with Crippen LogP contribution in [0.1, 0.15) is 102 Å². The van der Waals surface area contributed by atoms with E-state index in [1.807, 2.05) is 12.1 Å². The molecule has 0 bridgehead atoms. The first-order valence-corrected chi connectivity index (χ1v) is 11.2. The Balaban J connectivity index is 1.91. The molecule has 1 aromatic carbocycles.